The second kappa shape index (κ2) is 8.03. The van der Waals surface area contributed by atoms with Crippen LogP contribution in [0.25, 0.3) is 0 Å². The minimum absolute atomic E-state index is 0.0126. The van der Waals surface area contributed by atoms with Crippen LogP contribution < -0.4 is 9.47 Å². The van der Waals surface area contributed by atoms with E-state index in [1.165, 1.54) is 0 Å². The summed E-state index contributed by atoms with van der Waals surface area (Å²) in [6.45, 7) is 1.17. The number of hydrogen-bond donors (Lipinski definition) is 0. The zero-order valence-electron chi connectivity index (χ0n) is 16.5. The van der Waals surface area contributed by atoms with Crippen LogP contribution in [0, 0.1) is 0 Å². The Kier molecular flexibility index (Phi) is 5.29. The normalized spacial score (nSPS) is 20.1. The fraction of sp³-hybridized carbons (Fsp3) is 0.364. The third-order valence-electron chi connectivity index (χ3n) is 5.58. The summed E-state index contributed by atoms with van der Waals surface area (Å²) in [6, 6.07) is 14.7. The van der Waals surface area contributed by atoms with E-state index < -0.39 is 12.1 Å². The van der Waals surface area contributed by atoms with E-state index in [4.69, 9.17) is 14.2 Å². The Morgan fingerprint density at radius 1 is 1.10 bits per heavy atom. The smallest absolute Gasteiger partial charge is 0.410 e. The van der Waals surface area contributed by atoms with Crippen LogP contribution >= 0.6 is 0 Å². The molecular weight excluding hydrogens is 372 g/mol. The number of hydrogen-bond acceptors (Lipinski definition) is 5. The van der Waals surface area contributed by atoms with Crippen molar-refractivity contribution in [2.24, 2.45) is 0 Å². The molecular formula is C22H24N2O5. The maximum absolute atomic E-state index is 12.8. The molecule has 2 atom stereocenters. The van der Waals surface area contributed by atoms with Gasteiger partial charge in [-0.05, 0) is 24.1 Å². The molecule has 2 saturated heterocycles. The quantitative estimate of drug-likeness (QED) is 0.703. The highest BCUT2D eigenvalue weighted by Gasteiger charge is 2.56. The fourth-order valence-corrected chi connectivity index (χ4v) is 4.02. The van der Waals surface area contributed by atoms with Crippen LogP contribution in [0.1, 0.15) is 17.5 Å². The molecule has 2 aliphatic heterocycles. The molecule has 2 amide bonds. The third-order valence-corrected chi connectivity index (χ3v) is 5.58. The Labute approximate surface area is 169 Å². The first-order valence-corrected chi connectivity index (χ1v) is 9.61. The average Bonchev–Trinajstić information content (AvgIpc) is 3.17. The summed E-state index contributed by atoms with van der Waals surface area (Å²) in [7, 11) is 3.20. The molecule has 0 N–H and O–H groups in total. The summed E-state index contributed by atoms with van der Waals surface area (Å²) in [5, 5.41) is 0. The Hall–Kier alpha value is -3.22. The lowest BCUT2D eigenvalue weighted by atomic mass is 9.95. The maximum Gasteiger partial charge on any atom is 0.410 e. The van der Waals surface area contributed by atoms with Gasteiger partial charge in [0, 0.05) is 24.7 Å². The summed E-state index contributed by atoms with van der Waals surface area (Å²) in [5.41, 5.74) is 1.83. The number of rotatable bonds is 6. The van der Waals surface area contributed by atoms with E-state index in [1.54, 1.807) is 30.1 Å². The summed E-state index contributed by atoms with van der Waals surface area (Å²) in [4.78, 5) is 28.6. The average molecular weight is 396 g/mol. The van der Waals surface area contributed by atoms with Crippen LogP contribution in [0.3, 0.4) is 0 Å². The number of carbonyl (C=O) groups excluding carboxylic acids is 2. The van der Waals surface area contributed by atoms with Gasteiger partial charge in [0.1, 0.15) is 24.1 Å². The number of methoxy groups -OCH3 is 2. The highest BCUT2D eigenvalue weighted by Crippen LogP contribution is 2.37. The lowest BCUT2D eigenvalue weighted by molar-refractivity contribution is -0.153. The number of benzene rings is 2. The highest BCUT2D eigenvalue weighted by atomic mass is 16.6. The molecule has 0 spiro atoms. The molecule has 7 heteroatoms. The number of nitrogens with zero attached hydrogens (tertiary/aromatic N) is 2. The van der Waals surface area contributed by atoms with Crippen molar-refractivity contribution in [3.8, 4) is 11.5 Å². The minimum atomic E-state index is -0.434. The number of likely N-dealkylation sites (tertiary alicyclic amines) is 2. The second-order valence-corrected chi connectivity index (χ2v) is 7.18. The van der Waals surface area contributed by atoms with Crippen molar-refractivity contribution in [1.82, 2.24) is 9.80 Å². The zero-order chi connectivity index (χ0) is 20.4. The van der Waals surface area contributed by atoms with Crippen LogP contribution in [0.15, 0.2) is 48.5 Å². The molecule has 0 bridgehead atoms. The third kappa shape index (κ3) is 3.60. The minimum Gasteiger partial charge on any atom is -0.497 e. The standard InChI is InChI=1S/C22H24N2O5/c1-27-17-9-8-16(19(12-17)28-2)13-24-18-10-11-23(20(18)21(24)25)22(26)29-14-15-6-4-3-5-7-15/h3-9,12,18,20H,10-11,13-14H2,1-2H3/t18-,20+/m1/s1. The van der Waals surface area contributed by atoms with Crippen molar-refractivity contribution in [3.05, 3.63) is 59.7 Å². The SMILES string of the molecule is COc1ccc(CN2C(=O)[C@@H]3[C@H]2CCN3C(=O)OCc2ccccc2)c(OC)c1. The molecule has 0 saturated carbocycles. The van der Waals surface area contributed by atoms with Gasteiger partial charge in [0.05, 0.1) is 20.3 Å². The Balaban J connectivity index is 1.38. The molecule has 29 heavy (non-hydrogen) atoms. The van der Waals surface area contributed by atoms with E-state index in [9.17, 15) is 9.59 Å². The molecule has 152 valence electrons. The van der Waals surface area contributed by atoms with E-state index in [0.717, 1.165) is 17.5 Å². The van der Waals surface area contributed by atoms with Gasteiger partial charge in [0.25, 0.3) is 0 Å². The largest absolute Gasteiger partial charge is 0.497 e. The second-order valence-electron chi connectivity index (χ2n) is 7.18. The molecule has 2 aromatic carbocycles. The number of carbonyl (C=O) groups is 2. The molecule has 0 unspecified atom stereocenters. The van der Waals surface area contributed by atoms with Crippen molar-refractivity contribution in [2.45, 2.75) is 31.7 Å². The molecule has 0 aliphatic carbocycles. The van der Waals surface area contributed by atoms with E-state index in [0.29, 0.717) is 24.6 Å². The van der Waals surface area contributed by atoms with Crippen LogP contribution in [0.5, 0.6) is 11.5 Å². The number of ether oxygens (including phenoxy) is 3. The molecule has 2 aromatic rings. The van der Waals surface area contributed by atoms with Crippen molar-refractivity contribution in [1.29, 1.82) is 0 Å². The lowest BCUT2D eigenvalue weighted by Crippen LogP contribution is -2.66. The summed E-state index contributed by atoms with van der Waals surface area (Å²) in [5.74, 6) is 1.33. The summed E-state index contributed by atoms with van der Waals surface area (Å²) in [6.07, 6.45) is 0.311. The van der Waals surface area contributed by atoms with Gasteiger partial charge >= 0.3 is 6.09 Å². The van der Waals surface area contributed by atoms with Crippen molar-refractivity contribution >= 4 is 12.0 Å². The zero-order valence-corrected chi connectivity index (χ0v) is 16.5. The Morgan fingerprint density at radius 3 is 2.62 bits per heavy atom. The van der Waals surface area contributed by atoms with Crippen LogP contribution in [-0.4, -0.2) is 54.6 Å². The van der Waals surface area contributed by atoms with Crippen LogP contribution in [0.4, 0.5) is 4.79 Å². The first-order valence-electron chi connectivity index (χ1n) is 9.61. The lowest BCUT2D eigenvalue weighted by Gasteiger charge is -2.45. The number of β-lactam (4-membered cyclic amide) rings is 1. The van der Waals surface area contributed by atoms with Gasteiger partial charge < -0.3 is 19.1 Å². The van der Waals surface area contributed by atoms with E-state index in [1.807, 2.05) is 42.5 Å². The van der Waals surface area contributed by atoms with Gasteiger partial charge in [-0.2, -0.15) is 0 Å². The molecule has 0 radical (unpaired) electrons. The summed E-state index contributed by atoms with van der Waals surface area (Å²) < 4.78 is 16.1. The van der Waals surface area contributed by atoms with Crippen molar-refractivity contribution < 1.29 is 23.8 Å². The Bertz CT molecular complexity index is 901. The van der Waals surface area contributed by atoms with E-state index in [-0.39, 0.29) is 18.6 Å². The predicted molar refractivity (Wildman–Crippen MR) is 106 cm³/mol. The first-order chi connectivity index (χ1) is 14.1. The topological polar surface area (TPSA) is 68.3 Å². The van der Waals surface area contributed by atoms with Crippen LogP contribution in [0.2, 0.25) is 0 Å². The number of fused-ring (bicyclic) bond motifs is 1. The molecule has 2 heterocycles. The van der Waals surface area contributed by atoms with E-state index in [2.05, 4.69) is 0 Å². The molecule has 0 aromatic heterocycles. The van der Waals surface area contributed by atoms with Gasteiger partial charge in [0.15, 0.2) is 0 Å². The van der Waals surface area contributed by atoms with Crippen molar-refractivity contribution in [2.75, 3.05) is 20.8 Å². The monoisotopic (exact) mass is 396 g/mol. The first kappa shape index (κ1) is 19.1. The summed E-state index contributed by atoms with van der Waals surface area (Å²) >= 11 is 0. The Morgan fingerprint density at radius 2 is 1.90 bits per heavy atom. The fourth-order valence-electron chi connectivity index (χ4n) is 4.02. The molecule has 2 fully saturated rings. The predicted octanol–water partition coefficient (Wildman–Crippen LogP) is 2.83. The van der Waals surface area contributed by atoms with Gasteiger partial charge in [-0.3, -0.25) is 9.69 Å². The maximum atomic E-state index is 12.8. The highest BCUT2D eigenvalue weighted by molar-refractivity contribution is 5.93. The van der Waals surface area contributed by atoms with Crippen LogP contribution in [-0.2, 0) is 22.7 Å². The van der Waals surface area contributed by atoms with Gasteiger partial charge in [-0.25, -0.2) is 4.79 Å². The van der Waals surface area contributed by atoms with E-state index >= 15 is 0 Å². The van der Waals surface area contributed by atoms with Gasteiger partial charge in [-0.15, -0.1) is 0 Å². The van der Waals surface area contributed by atoms with Gasteiger partial charge in [0.2, 0.25) is 5.91 Å². The van der Waals surface area contributed by atoms with Gasteiger partial charge in [-0.1, -0.05) is 30.3 Å². The molecule has 7 nitrogen and oxygen atoms in total. The van der Waals surface area contributed by atoms with Crippen molar-refractivity contribution in [3.63, 3.8) is 0 Å². The molecule has 2 aliphatic rings. The number of amides is 2. The molecule has 4 rings (SSSR count).